The van der Waals surface area contributed by atoms with Gasteiger partial charge in [0.1, 0.15) is 5.75 Å². The number of allylic oxidation sites excluding steroid dienone is 2. The summed E-state index contributed by atoms with van der Waals surface area (Å²) >= 11 is 3.39. The molecule has 1 aromatic carbocycles. The van der Waals surface area contributed by atoms with Crippen LogP contribution in [0.1, 0.15) is 19.3 Å². The summed E-state index contributed by atoms with van der Waals surface area (Å²) < 4.78 is 6.61. The minimum atomic E-state index is 0.0950. The van der Waals surface area contributed by atoms with Crippen LogP contribution in [-0.2, 0) is 4.79 Å². The Bertz CT molecular complexity index is 565. The van der Waals surface area contributed by atoms with Gasteiger partial charge in [0.25, 0.3) is 5.91 Å². The van der Waals surface area contributed by atoms with Crippen molar-refractivity contribution in [1.29, 1.82) is 0 Å². The second-order valence-electron chi connectivity index (χ2n) is 6.73. The third-order valence-corrected chi connectivity index (χ3v) is 5.48. The highest BCUT2D eigenvalue weighted by atomic mass is 79.9. The molecule has 1 aliphatic carbocycles. The van der Waals surface area contributed by atoms with E-state index in [2.05, 4.69) is 28.1 Å². The van der Waals surface area contributed by atoms with Crippen molar-refractivity contribution < 1.29 is 14.4 Å². The average Bonchev–Trinajstić information content (AvgIpc) is 2.62. The number of carbonyl (C=O) groups excluding carboxylic acids is 1. The number of piperazine rings is 1. The summed E-state index contributed by atoms with van der Waals surface area (Å²) in [5.41, 5.74) is 0. The van der Waals surface area contributed by atoms with E-state index in [1.165, 1.54) is 25.8 Å². The molecule has 4 nitrogen and oxygen atoms in total. The summed E-state index contributed by atoms with van der Waals surface area (Å²) in [4.78, 5) is 15.9. The Morgan fingerprint density at radius 3 is 2.62 bits per heavy atom. The van der Waals surface area contributed by atoms with E-state index in [-0.39, 0.29) is 12.5 Å². The van der Waals surface area contributed by atoms with Gasteiger partial charge in [-0.1, -0.05) is 28.1 Å². The SMILES string of the molecule is O=C(COc1ccc(Br)cc1)N1CC[NH+](C[C@H]2CC=CCC2)CC1. The van der Waals surface area contributed by atoms with Crippen molar-refractivity contribution in [2.75, 3.05) is 39.3 Å². The quantitative estimate of drug-likeness (QED) is 0.775. The van der Waals surface area contributed by atoms with Gasteiger partial charge in [-0.25, -0.2) is 0 Å². The molecule has 0 saturated carbocycles. The minimum Gasteiger partial charge on any atom is -0.484 e. The molecule has 5 heteroatoms. The molecular formula is C19H26BrN2O2+. The fraction of sp³-hybridized carbons (Fsp3) is 0.526. The summed E-state index contributed by atoms with van der Waals surface area (Å²) in [6.45, 7) is 5.20. The summed E-state index contributed by atoms with van der Waals surface area (Å²) in [5, 5.41) is 0. The molecule has 3 rings (SSSR count). The van der Waals surface area contributed by atoms with Gasteiger partial charge in [-0.3, -0.25) is 4.79 Å². The van der Waals surface area contributed by atoms with Crippen LogP contribution in [0, 0.1) is 5.92 Å². The Morgan fingerprint density at radius 2 is 1.96 bits per heavy atom. The molecule has 1 amide bonds. The van der Waals surface area contributed by atoms with E-state index < -0.39 is 0 Å². The van der Waals surface area contributed by atoms with Crippen LogP contribution in [0.5, 0.6) is 5.75 Å². The van der Waals surface area contributed by atoms with E-state index in [4.69, 9.17) is 4.74 Å². The van der Waals surface area contributed by atoms with Crippen LogP contribution in [0.4, 0.5) is 0 Å². The van der Waals surface area contributed by atoms with Gasteiger partial charge in [-0.2, -0.15) is 0 Å². The number of quaternary nitrogens is 1. The molecule has 0 bridgehead atoms. The average molecular weight is 394 g/mol. The molecule has 1 aliphatic heterocycles. The Balaban J connectivity index is 1.38. The number of hydrogen-bond acceptors (Lipinski definition) is 2. The zero-order valence-corrected chi connectivity index (χ0v) is 15.6. The predicted molar refractivity (Wildman–Crippen MR) is 98.3 cm³/mol. The molecule has 1 fully saturated rings. The zero-order valence-electron chi connectivity index (χ0n) is 14.0. The largest absolute Gasteiger partial charge is 0.484 e. The van der Waals surface area contributed by atoms with E-state index in [1.807, 2.05) is 29.2 Å². The highest BCUT2D eigenvalue weighted by Crippen LogP contribution is 2.17. The maximum absolute atomic E-state index is 12.3. The van der Waals surface area contributed by atoms with Crippen molar-refractivity contribution in [3.8, 4) is 5.75 Å². The molecule has 0 aromatic heterocycles. The normalized spacial score (nSPS) is 21.7. The summed E-state index contributed by atoms with van der Waals surface area (Å²) in [5.74, 6) is 1.66. The van der Waals surface area contributed by atoms with Crippen LogP contribution >= 0.6 is 15.9 Å². The van der Waals surface area contributed by atoms with Gasteiger partial charge in [0.05, 0.1) is 32.7 Å². The van der Waals surface area contributed by atoms with Crippen molar-refractivity contribution in [3.05, 3.63) is 40.9 Å². The van der Waals surface area contributed by atoms with Crippen molar-refractivity contribution in [2.45, 2.75) is 19.3 Å². The van der Waals surface area contributed by atoms with E-state index in [0.29, 0.717) is 0 Å². The van der Waals surface area contributed by atoms with E-state index >= 15 is 0 Å². The molecule has 24 heavy (non-hydrogen) atoms. The van der Waals surface area contributed by atoms with Crippen LogP contribution in [-0.4, -0.2) is 50.1 Å². The molecule has 1 heterocycles. The first-order chi connectivity index (χ1) is 11.7. The van der Waals surface area contributed by atoms with Gasteiger partial charge in [0.2, 0.25) is 0 Å². The second kappa shape index (κ2) is 8.67. The van der Waals surface area contributed by atoms with E-state index in [0.717, 1.165) is 42.3 Å². The molecular weight excluding hydrogens is 368 g/mol. The molecule has 1 N–H and O–H groups in total. The van der Waals surface area contributed by atoms with Gasteiger partial charge in [0.15, 0.2) is 6.61 Å². The number of amides is 1. The van der Waals surface area contributed by atoms with E-state index in [9.17, 15) is 4.79 Å². The molecule has 2 aliphatic rings. The fourth-order valence-corrected chi connectivity index (χ4v) is 3.76. The van der Waals surface area contributed by atoms with Crippen molar-refractivity contribution >= 4 is 21.8 Å². The first-order valence-corrected chi connectivity index (χ1v) is 9.65. The van der Waals surface area contributed by atoms with Crippen molar-refractivity contribution in [1.82, 2.24) is 4.90 Å². The van der Waals surface area contributed by atoms with Gasteiger partial charge >= 0.3 is 0 Å². The zero-order chi connectivity index (χ0) is 16.8. The van der Waals surface area contributed by atoms with Crippen LogP contribution < -0.4 is 9.64 Å². The number of carbonyl (C=O) groups is 1. The van der Waals surface area contributed by atoms with Gasteiger partial charge in [0, 0.05) is 10.4 Å². The van der Waals surface area contributed by atoms with Gasteiger partial charge in [-0.05, 0) is 43.5 Å². The summed E-state index contributed by atoms with van der Waals surface area (Å²) in [6.07, 6.45) is 8.41. The standard InChI is InChI=1S/C19H25BrN2O2/c20-17-6-8-18(9-7-17)24-15-19(23)22-12-10-21(11-13-22)14-16-4-2-1-3-5-16/h1-2,6-9,16H,3-5,10-15H2/p+1/t16-/m0/s1. The molecule has 0 unspecified atom stereocenters. The van der Waals surface area contributed by atoms with Crippen molar-refractivity contribution in [3.63, 3.8) is 0 Å². The molecule has 0 spiro atoms. The Kier molecular flexibility index (Phi) is 6.32. The lowest BCUT2D eigenvalue weighted by molar-refractivity contribution is -0.907. The molecule has 1 atom stereocenters. The molecule has 0 radical (unpaired) electrons. The number of nitrogens with zero attached hydrogens (tertiary/aromatic N) is 1. The number of hydrogen-bond donors (Lipinski definition) is 1. The Labute approximate surface area is 152 Å². The second-order valence-corrected chi connectivity index (χ2v) is 7.64. The van der Waals surface area contributed by atoms with Crippen LogP contribution in [0.25, 0.3) is 0 Å². The third-order valence-electron chi connectivity index (χ3n) is 4.95. The van der Waals surface area contributed by atoms with Crippen LogP contribution in [0.3, 0.4) is 0 Å². The topological polar surface area (TPSA) is 34.0 Å². The lowest BCUT2D eigenvalue weighted by Gasteiger charge is -2.34. The number of halogens is 1. The van der Waals surface area contributed by atoms with Crippen molar-refractivity contribution in [2.24, 2.45) is 5.92 Å². The lowest BCUT2D eigenvalue weighted by Crippen LogP contribution is -3.15. The fourth-order valence-electron chi connectivity index (χ4n) is 3.49. The third kappa shape index (κ3) is 5.08. The predicted octanol–water partition coefficient (Wildman–Crippen LogP) is 1.91. The number of rotatable bonds is 5. The lowest BCUT2D eigenvalue weighted by atomic mass is 9.94. The van der Waals surface area contributed by atoms with Crippen LogP contribution in [0.2, 0.25) is 0 Å². The molecule has 1 saturated heterocycles. The molecule has 1 aromatic rings. The highest BCUT2D eigenvalue weighted by Gasteiger charge is 2.26. The number of nitrogens with one attached hydrogen (secondary N) is 1. The van der Waals surface area contributed by atoms with Gasteiger partial charge in [-0.15, -0.1) is 0 Å². The first-order valence-electron chi connectivity index (χ1n) is 8.85. The maximum Gasteiger partial charge on any atom is 0.260 e. The number of benzene rings is 1. The monoisotopic (exact) mass is 393 g/mol. The Hall–Kier alpha value is -1.33. The summed E-state index contributed by atoms with van der Waals surface area (Å²) in [6, 6.07) is 7.58. The minimum absolute atomic E-state index is 0.0950. The number of ether oxygens (including phenoxy) is 1. The van der Waals surface area contributed by atoms with Crippen LogP contribution in [0.15, 0.2) is 40.9 Å². The smallest absolute Gasteiger partial charge is 0.260 e. The Morgan fingerprint density at radius 1 is 1.21 bits per heavy atom. The molecule has 130 valence electrons. The highest BCUT2D eigenvalue weighted by molar-refractivity contribution is 9.10. The van der Waals surface area contributed by atoms with Gasteiger partial charge < -0.3 is 14.5 Å². The maximum atomic E-state index is 12.3. The first kappa shape index (κ1) is 17.5. The summed E-state index contributed by atoms with van der Waals surface area (Å²) in [7, 11) is 0. The van der Waals surface area contributed by atoms with E-state index in [1.54, 1.807) is 4.90 Å².